The summed E-state index contributed by atoms with van der Waals surface area (Å²) in [6.45, 7) is 11.5. The van der Waals surface area contributed by atoms with Gasteiger partial charge in [-0.15, -0.1) is 0 Å². The van der Waals surface area contributed by atoms with Crippen molar-refractivity contribution >= 4 is 35.2 Å². The van der Waals surface area contributed by atoms with Crippen molar-refractivity contribution in [1.29, 1.82) is 0 Å². The van der Waals surface area contributed by atoms with Crippen molar-refractivity contribution in [2.75, 3.05) is 34.5 Å². The number of cyclic esters (lactones) is 1. The van der Waals surface area contributed by atoms with Crippen LogP contribution >= 0.6 is 0 Å². The lowest BCUT2D eigenvalue weighted by atomic mass is 9.81. The minimum Gasteiger partial charge on any atom is -0.456 e. The molecule has 2 N–H and O–H groups in total. The lowest BCUT2D eigenvalue weighted by molar-refractivity contribution is -0.384. The number of methoxy groups -OCH3 is 3. The predicted molar refractivity (Wildman–Crippen MR) is 254 cm³/mol. The van der Waals surface area contributed by atoms with Crippen LogP contribution in [0.15, 0.2) is 53.6 Å². The van der Waals surface area contributed by atoms with Crippen LogP contribution in [-0.2, 0) is 47.6 Å². The van der Waals surface area contributed by atoms with Gasteiger partial charge in [0.1, 0.15) is 24.0 Å². The van der Waals surface area contributed by atoms with Gasteiger partial charge in [0.25, 0.3) is 17.4 Å². The zero-order valence-corrected chi connectivity index (χ0v) is 41.5. The lowest BCUT2D eigenvalue weighted by Crippen LogP contribution is -2.64. The van der Waals surface area contributed by atoms with E-state index in [1.165, 1.54) is 31.3 Å². The molecule has 3 fully saturated rings. The average Bonchev–Trinajstić information content (AvgIpc) is 3.32. The van der Waals surface area contributed by atoms with Gasteiger partial charge in [-0.2, -0.15) is 0 Å². The van der Waals surface area contributed by atoms with Gasteiger partial charge in [0.15, 0.2) is 0 Å². The molecule has 14 unspecified atom stereocenters. The Kier molecular flexibility index (Phi) is 20.2. The highest BCUT2D eigenvalue weighted by Gasteiger charge is 2.56. The highest BCUT2D eigenvalue weighted by atomic mass is 16.7. The molecule has 1 amide bonds. The van der Waals surface area contributed by atoms with E-state index < -0.39 is 82.7 Å². The fourth-order valence-corrected chi connectivity index (χ4v) is 10.7. The molecule has 0 spiro atoms. The summed E-state index contributed by atoms with van der Waals surface area (Å²) in [5, 5.41) is 35.2. The van der Waals surface area contributed by atoms with Crippen LogP contribution in [0.5, 0.6) is 0 Å². The van der Waals surface area contributed by atoms with E-state index in [2.05, 4.69) is 0 Å². The van der Waals surface area contributed by atoms with Crippen molar-refractivity contribution in [1.82, 2.24) is 4.90 Å². The molecule has 0 radical (unpaired) electrons. The number of aliphatic hydroxyl groups is 2. The van der Waals surface area contributed by atoms with Crippen LogP contribution < -0.4 is 0 Å². The Morgan fingerprint density at radius 2 is 1.66 bits per heavy atom. The van der Waals surface area contributed by atoms with Gasteiger partial charge in [0, 0.05) is 64.2 Å². The number of hydrogen-bond acceptors (Lipinski definition) is 14. The van der Waals surface area contributed by atoms with Gasteiger partial charge in [-0.25, -0.2) is 4.79 Å². The third-order valence-corrected chi connectivity index (χ3v) is 14.7. The molecule has 378 valence electrons. The molecule has 14 atom stereocenters. The van der Waals surface area contributed by atoms with E-state index in [0.717, 1.165) is 5.57 Å². The van der Waals surface area contributed by atoms with Crippen LogP contribution in [0.25, 0.3) is 6.08 Å². The number of allylic oxidation sites excluding steroid dienone is 3. The number of nitro groups is 1. The number of aliphatic hydroxyl groups excluding tert-OH is 1. The summed E-state index contributed by atoms with van der Waals surface area (Å²) in [5.41, 5.74) is 2.33. The average molecular weight is 953 g/mol. The van der Waals surface area contributed by atoms with Crippen LogP contribution in [0.1, 0.15) is 118 Å². The molecule has 2 bridgehead atoms. The molecule has 2 saturated heterocycles. The number of nitro benzene ring substituents is 1. The Morgan fingerprint density at radius 3 is 2.34 bits per heavy atom. The first-order valence-corrected chi connectivity index (χ1v) is 24.5. The number of piperidine rings is 1. The molecule has 3 aliphatic heterocycles. The number of fused-ring (bicyclic) bond motifs is 3. The SMILES string of the molecule is CCC1/C=C(\C)CC(C)CC(OC)C2OC(O)(C(=O)C(=O)N3CCCCC3C(=O)OC(C(C)=CC3CCC(OCC=Cc4cccc([N+](=O)[O-])c4)C(OC)C3)C(C)C(O)CC1=O)C(C)CC2OC. The Bertz CT molecular complexity index is 2000. The summed E-state index contributed by atoms with van der Waals surface area (Å²) in [4.78, 5) is 69.2. The summed E-state index contributed by atoms with van der Waals surface area (Å²) in [6, 6.07) is 5.18. The summed E-state index contributed by atoms with van der Waals surface area (Å²) >= 11 is 0. The predicted octanol–water partition coefficient (Wildman–Crippen LogP) is 7.12. The number of amides is 1. The first-order valence-electron chi connectivity index (χ1n) is 24.5. The number of carbonyl (C=O) groups excluding carboxylic acids is 4. The van der Waals surface area contributed by atoms with E-state index >= 15 is 0 Å². The molecule has 68 heavy (non-hydrogen) atoms. The minimum absolute atomic E-state index is 0.00622. The second kappa shape index (κ2) is 25.1. The van der Waals surface area contributed by atoms with Crippen LogP contribution in [0, 0.1) is 39.7 Å². The number of ether oxygens (including phenoxy) is 6. The molecule has 16 heteroatoms. The fraction of sp³-hybridized carbons (Fsp3) is 0.692. The van der Waals surface area contributed by atoms with Crippen molar-refractivity contribution in [3.05, 3.63) is 69.3 Å². The zero-order chi connectivity index (χ0) is 49.9. The molecular formula is C52H76N2O14. The molecule has 4 aliphatic rings. The van der Waals surface area contributed by atoms with Gasteiger partial charge >= 0.3 is 5.97 Å². The zero-order valence-electron chi connectivity index (χ0n) is 41.5. The number of non-ortho nitro benzene ring substituents is 1. The summed E-state index contributed by atoms with van der Waals surface area (Å²) in [7, 11) is 4.68. The number of benzene rings is 1. The van der Waals surface area contributed by atoms with Crippen LogP contribution in [0.4, 0.5) is 5.69 Å². The van der Waals surface area contributed by atoms with Crippen molar-refractivity contribution in [2.24, 2.45) is 29.6 Å². The Hall–Kier alpha value is -4.16. The van der Waals surface area contributed by atoms with Crippen molar-refractivity contribution < 1.29 is 62.7 Å². The molecule has 1 aromatic rings. The maximum atomic E-state index is 14.5. The van der Waals surface area contributed by atoms with E-state index in [1.54, 1.807) is 39.2 Å². The standard InChI is InChI=1S/C52H76N2O14/c1-10-38-24-31(2)23-32(3)25-45(64-8)48-46(65-9)27-34(5)52(60,68-48)49(57)50(58)53-21-12-11-18-40(53)51(59)67-47(35(6)41(55)30-42(38)56)33(4)26-37-19-20-43(44(29-37)63-7)66-22-14-16-36-15-13-17-39(28-36)54(61)62/h13-17,24,26,28,32,34-35,37-38,40-41,43-48,55,60H,10-12,18-23,25,27,29-30H2,1-9H3/b16-14?,31-24+,33-26?. The normalized spacial score (nSPS) is 36.3. The largest absolute Gasteiger partial charge is 0.456 e. The molecule has 0 aromatic heterocycles. The van der Waals surface area contributed by atoms with Gasteiger partial charge in [-0.1, -0.05) is 69.7 Å². The van der Waals surface area contributed by atoms with Gasteiger partial charge in [0.05, 0.1) is 42.1 Å². The van der Waals surface area contributed by atoms with Crippen LogP contribution in [0.2, 0.25) is 0 Å². The number of carbonyl (C=O) groups is 4. The Morgan fingerprint density at radius 1 is 0.956 bits per heavy atom. The lowest BCUT2D eigenvalue weighted by Gasteiger charge is -2.47. The first-order chi connectivity index (χ1) is 32.3. The molecule has 5 rings (SSSR count). The molecule has 1 aliphatic carbocycles. The van der Waals surface area contributed by atoms with Crippen molar-refractivity contribution in [3.63, 3.8) is 0 Å². The van der Waals surface area contributed by atoms with E-state index in [0.29, 0.717) is 62.5 Å². The monoisotopic (exact) mass is 953 g/mol. The highest BCUT2D eigenvalue weighted by molar-refractivity contribution is 6.39. The van der Waals surface area contributed by atoms with E-state index in [9.17, 15) is 39.5 Å². The van der Waals surface area contributed by atoms with Crippen molar-refractivity contribution in [2.45, 2.75) is 167 Å². The third-order valence-electron chi connectivity index (χ3n) is 14.7. The van der Waals surface area contributed by atoms with Gasteiger partial charge < -0.3 is 43.5 Å². The topological polar surface area (TPSA) is 210 Å². The number of hydrogen-bond donors (Lipinski definition) is 2. The molecular weight excluding hydrogens is 877 g/mol. The maximum absolute atomic E-state index is 14.5. The first kappa shape index (κ1) is 54.8. The molecule has 1 aromatic carbocycles. The number of nitrogens with zero attached hydrogens (tertiary/aromatic N) is 2. The third kappa shape index (κ3) is 13.6. The van der Waals surface area contributed by atoms with Gasteiger partial charge in [-0.3, -0.25) is 24.5 Å². The van der Waals surface area contributed by atoms with Gasteiger partial charge in [0.2, 0.25) is 5.79 Å². The van der Waals surface area contributed by atoms with Crippen LogP contribution in [-0.4, -0.2) is 133 Å². The summed E-state index contributed by atoms with van der Waals surface area (Å²) in [5.74, 6) is -7.73. The second-order valence-electron chi connectivity index (χ2n) is 19.7. The minimum atomic E-state index is -2.53. The molecule has 3 heterocycles. The van der Waals surface area contributed by atoms with E-state index in [-0.39, 0.29) is 67.9 Å². The second-order valence-corrected chi connectivity index (χ2v) is 19.7. The number of ketones is 2. The summed E-state index contributed by atoms with van der Waals surface area (Å²) in [6.07, 6.45) is 7.63. The smallest absolute Gasteiger partial charge is 0.329 e. The van der Waals surface area contributed by atoms with Crippen molar-refractivity contribution in [3.8, 4) is 0 Å². The van der Waals surface area contributed by atoms with E-state index in [1.807, 2.05) is 45.9 Å². The van der Waals surface area contributed by atoms with Gasteiger partial charge in [-0.05, 0) is 101 Å². The quantitative estimate of drug-likeness (QED) is 0.0744. The summed E-state index contributed by atoms with van der Waals surface area (Å²) < 4.78 is 36.5. The number of esters is 1. The number of Topliss-reactive ketones (excluding diaryl/α,β-unsaturated/α-hetero) is 2. The van der Waals surface area contributed by atoms with E-state index in [4.69, 9.17) is 28.4 Å². The maximum Gasteiger partial charge on any atom is 0.329 e. The van der Waals surface area contributed by atoms with Crippen LogP contribution in [0.3, 0.4) is 0 Å². The fourth-order valence-electron chi connectivity index (χ4n) is 10.7. The molecule has 1 saturated carbocycles. The highest BCUT2D eigenvalue weighted by Crippen LogP contribution is 2.39. The number of rotatable bonds is 11. The Balaban J connectivity index is 1.43. The molecule has 16 nitrogen and oxygen atoms in total. The Labute approximate surface area is 401 Å².